The van der Waals surface area contributed by atoms with E-state index in [1.54, 1.807) is 24.3 Å². The average Bonchev–Trinajstić information content (AvgIpc) is 2.87. The topological polar surface area (TPSA) is 66.5 Å². The van der Waals surface area contributed by atoms with Gasteiger partial charge in [0.2, 0.25) is 5.91 Å². The monoisotopic (exact) mass is 486 g/mol. The molecule has 4 aromatic rings. The van der Waals surface area contributed by atoms with Gasteiger partial charge in [-0.25, -0.2) is 8.42 Å². The number of carbonyl (C=O) groups is 1. The highest BCUT2D eigenvalue weighted by molar-refractivity contribution is 7.93. The van der Waals surface area contributed by atoms with Gasteiger partial charge in [0.05, 0.1) is 10.6 Å². The first-order valence-electron chi connectivity index (χ1n) is 11.8. The first kappa shape index (κ1) is 24.5. The molecule has 4 aromatic carbocycles. The van der Waals surface area contributed by atoms with Gasteiger partial charge in [-0.3, -0.25) is 9.10 Å². The lowest BCUT2D eigenvalue weighted by Gasteiger charge is -2.27. The van der Waals surface area contributed by atoms with E-state index in [-0.39, 0.29) is 17.3 Å². The fraction of sp³-hybridized carbons (Fsp3) is 0.207. The van der Waals surface area contributed by atoms with Crippen molar-refractivity contribution in [3.8, 4) is 0 Å². The molecule has 0 unspecified atom stereocenters. The Balaban J connectivity index is 1.60. The zero-order valence-corrected chi connectivity index (χ0v) is 20.9. The molecular weight excluding hydrogens is 456 g/mol. The Bertz CT molecular complexity index is 1430. The molecular formula is C29H30N2O3S. The number of fused-ring (bicyclic) bond motifs is 1. The minimum Gasteiger partial charge on any atom is -0.355 e. The molecule has 0 spiro atoms. The van der Waals surface area contributed by atoms with Gasteiger partial charge in [-0.2, -0.15) is 0 Å². The Morgan fingerprint density at radius 2 is 1.51 bits per heavy atom. The predicted molar refractivity (Wildman–Crippen MR) is 142 cm³/mol. The second-order valence-electron chi connectivity index (χ2n) is 8.65. The van der Waals surface area contributed by atoms with Crippen molar-refractivity contribution in [2.45, 2.75) is 31.6 Å². The summed E-state index contributed by atoms with van der Waals surface area (Å²) in [5.41, 5.74) is 3.51. The Labute approximate surface area is 207 Å². The molecule has 6 heteroatoms. The summed E-state index contributed by atoms with van der Waals surface area (Å²) < 4.78 is 29.3. The number of nitrogens with one attached hydrogen (secondary N) is 1. The van der Waals surface area contributed by atoms with Crippen molar-refractivity contribution in [1.29, 1.82) is 0 Å². The number of benzene rings is 4. The van der Waals surface area contributed by atoms with E-state index < -0.39 is 10.0 Å². The second-order valence-corrected chi connectivity index (χ2v) is 10.5. The van der Waals surface area contributed by atoms with Crippen LogP contribution in [0.25, 0.3) is 10.8 Å². The highest BCUT2D eigenvalue weighted by atomic mass is 32.2. The van der Waals surface area contributed by atoms with E-state index >= 15 is 0 Å². The molecule has 4 rings (SSSR count). The van der Waals surface area contributed by atoms with Gasteiger partial charge < -0.3 is 5.32 Å². The average molecular weight is 487 g/mol. The van der Waals surface area contributed by atoms with Gasteiger partial charge in [0, 0.05) is 11.9 Å². The quantitative estimate of drug-likeness (QED) is 0.322. The van der Waals surface area contributed by atoms with Crippen LogP contribution in [0.3, 0.4) is 0 Å². The molecule has 0 atom stereocenters. The third-order valence-corrected chi connectivity index (χ3v) is 8.07. The Morgan fingerprint density at radius 1 is 0.829 bits per heavy atom. The second kappa shape index (κ2) is 10.7. The molecule has 0 bridgehead atoms. The first-order chi connectivity index (χ1) is 16.9. The highest BCUT2D eigenvalue weighted by Gasteiger charge is 2.29. The van der Waals surface area contributed by atoms with E-state index in [1.807, 2.05) is 68.4 Å². The van der Waals surface area contributed by atoms with Gasteiger partial charge in [-0.1, -0.05) is 78.9 Å². The van der Waals surface area contributed by atoms with E-state index in [4.69, 9.17) is 0 Å². The van der Waals surface area contributed by atoms with Gasteiger partial charge in [-0.05, 0) is 60.9 Å². The summed E-state index contributed by atoms with van der Waals surface area (Å²) >= 11 is 0. The summed E-state index contributed by atoms with van der Waals surface area (Å²) in [7, 11) is -4.02. The lowest BCUT2D eigenvalue weighted by atomic mass is 10.1. The maximum absolute atomic E-state index is 14.0. The third-order valence-electron chi connectivity index (χ3n) is 6.26. The number of hydrogen-bond acceptors (Lipinski definition) is 3. The predicted octanol–water partition coefficient (Wildman–Crippen LogP) is 5.40. The van der Waals surface area contributed by atoms with Gasteiger partial charge >= 0.3 is 0 Å². The lowest BCUT2D eigenvalue weighted by Crippen LogP contribution is -2.41. The van der Waals surface area contributed by atoms with E-state index in [1.165, 1.54) is 9.87 Å². The molecule has 180 valence electrons. The van der Waals surface area contributed by atoms with Crippen molar-refractivity contribution in [2.24, 2.45) is 0 Å². The minimum atomic E-state index is -4.02. The summed E-state index contributed by atoms with van der Waals surface area (Å²) in [6, 6.07) is 28.2. The fourth-order valence-corrected chi connectivity index (χ4v) is 5.89. The standard InChI is InChI=1S/C29H30N2O3S/c1-22-11-8-18-27(23(22)2)31(21-29(32)30-20-10-14-24-12-4-3-5-13-24)35(33,34)28-19-9-16-25-15-6-7-17-26(25)28/h3-9,11-13,15-19H,10,14,20-21H2,1-2H3,(H,30,32). The third kappa shape index (κ3) is 5.54. The van der Waals surface area contributed by atoms with Crippen LogP contribution in [0.15, 0.2) is 95.9 Å². The molecule has 0 radical (unpaired) electrons. The number of amides is 1. The summed E-state index contributed by atoms with van der Waals surface area (Å²) in [5, 5.41) is 4.37. The number of nitrogens with zero attached hydrogens (tertiary/aromatic N) is 1. The van der Waals surface area contributed by atoms with E-state index in [9.17, 15) is 13.2 Å². The molecule has 0 saturated heterocycles. The molecule has 0 saturated carbocycles. The number of sulfonamides is 1. The molecule has 0 heterocycles. The molecule has 0 aromatic heterocycles. The Morgan fingerprint density at radius 3 is 2.31 bits per heavy atom. The van der Waals surface area contributed by atoms with Gasteiger partial charge in [-0.15, -0.1) is 0 Å². The smallest absolute Gasteiger partial charge is 0.265 e. The summed E-state index contributed by atoms with van der Waals surface area (Å²) in [4.78, 5) is 13.1. The van der Waals surface area contributed by atoms with Crippen molar-refractivity contribution in [1.82, 2.24) is 5.32 Å². The van der Waals surface area contributed by atoms with Crippen LogP contribution in [0.1, 0.15) is 23.1 Å². The molecule has 0 aliphatic rings. The van der Waals surface area contributed by atoms with Crippen molar-refractivity contribution < 1.29 is 13.2 Å². The largest absolute Gasteiger partial charge is 0.355 e. The van der Waals surface area contributed by atoms with Crippen molar-refractivity contribution >= 4 is 32.4 Å². The molecule has 1 N–H and O–H groups in total. The zero-order valence-electron chi connectivity index (χ0n) is 20.1. The van der Waals surface area contributed by atoms with Crippen molar-refractivity contribution in [3.05, 3.63) is 108 Å². The van der Waals surface area contributed by atoms with Crippen LogP contribution in [-0.4, -0.2) is 27.4 Å². The molecule has 35 heavy (non-hydrogen) atoms. The van der Waals surface area contributed by atoms with E-state index in [0.29, 0.717) is 17.6 Å². The van der Waals surface area contributed by atoms with Crippen LogP contribution in [0.2, 0.25) is 0 Å². The zero-order chi connectivity index (χ0) is 24.8. The molecule has 5 nitrogen and oxygen atoms in total. The van der Waals surface area contributed by atoms with Crippen LogP contribution in [0.4, 0.5) is 5.69 Å². The van der Waals surface area contributed by atoms with E-state index in [0.717, 1.165) is 29.4 Å². The van der Waals surface area contributed by atoms with Crippen LogP contribution >= 0.6 is 0 Å². The number of carbonyl (C=O) groups excluding carboxylic acids is 1. The molecule has 0 aliphatic heterocycles. The van der Waals surface area contributed by atoms with Crippen LogP contribution < -0.4 is 9.62 Å². The highest BCUT2D eigenvalue weighted by Crippen LogP contribution is 2.31. The van der Waals surface area contributed by atoms with E-state index in [2.05, 4.69) is 17.4 Å². The van der Waals surface area contributed by atoms with Gasteiger partial charge in [0.15, 0.2) is 0 Å². The fourth-order valence-electron chi connectivity index (χ4n) is 4.20. The number of hydrogen-bond donors (Lipinski definition) is 1. The summed E-state index contributed by atoms with van der Waals surface area (Å²) in [5.74, 6) is -0.331. The first-order valence-corrected chi connectivity index (χ1v) is 13.2. The number of aryl methyl sites for hydroxylation is 2. The van der Waals surface area contributed by atoms with Crippen LogP contribution in [0.5, 0.6) is 0 Å². The molecule has 1 amide bonds. The summed E-state index contributed by atoms with van der Waals surface area (Å²) in [6.45, 7) is 4.00. The Kier molecular flexibility index (Phi) is 7.51. The molecule has 0 aliphatic carbocycles. The maximum Gasteiger partial charge on any atom is 0.265 e. The normalized spacial score (nSPS) is 11.4. The Hall–Kier alpha value is -3.64. The van der Waals surface area contributed by atoms with Crippen molar-refractivity contribution in [3.63, 3.8) is 0 Å². The van der Waals surface area contributed by atoms with Gasteiger partial charge in [0.1, 0.15) is 6.54 Å². The van der Waals surface area contributed by atoms with Crippen LogP contribution in [0, 0.1) is 13.8 Å². The maximum atomic E-state index is 14.0. The van der Waals surface area contributed by atoms with Gasteiger partial charge in [0.25, 0.3) is 10.0 Å². The minimum absolute atomic E-state index is 0.188. The van der Waals surface area contributed by atoms with Crippen molar-refractivity contribution in [2.75, 3.05) is 17.4 Å². The number of rotatable bonds is 9. The SMILES string of the molecule is Cc1cccc(N(CC(=O)NCCCc2ccccc2)S(=O)(=O)c2cccc3ccccc23)c1C. The number of anilines is 1. The summed E-state index contributed by atoms with van der Waals surface area (Å²) in [6.07, 6.45) is 1.62. The molecule has 0 fully saturated rings. The lowest BCUT2D eigenvalue weighted by molar-refractivity contribution is -0.119. The van der Waals surface area contributed by atoms with Crippen LogP contribution in [-0.2, 0) is 21.2 Å².